The minimum Gasteiger partial charge on any atom is -0.456 e. The van der Waals surface area contributed by atoms with Gasteiger partial charge in [0.15, 0.2) is 0 Å². The molecule has 5 nitrogen and oxygen atoms in total. The van der Waals surface area contributed by atoms with Crippen molar-refractivity contribution in [2.75, 3.05) is 0 Å². The number of para-hydroxylation sites is 5. The fourth-order valence-electron chi connectivity index (χ4n) is 7.71. The molecule has 0 aliphatic carbocycles. The van der Waals surface area contributed by atoms with Crippen molar-refractivity contribution in [2.24, 2.45) is 0 Å². The summed E-state index contributed by atoms with van der Waals surface area (Å²) in [6, 6.07) is 51.2. The lowest BCUT2D eigenvalue weighted by atomic mass is 9.97. The fourth-order valence-corrected chi connectivity index (χ4v) is 7.71. The second-order valence-electron chi connectivity index (χ2n) is 12.2. The Kier molecular flexibility index (Phi) is 4.78. The molecule has 0 spiro atoms. The molecule has 11 rings (SSSR count). The lowest BCUT2D eigenvalue weighted by Gasteiger charge is -2.26. The van der Waals surface area contributed by atoms with Crippen molar-refractivity contribution in [1.82, 2.24) is 19.1 Å². The van der Waals surface area contributed by atoms with E-state index in [1.54, 1.807) is 0 Å². The molecule has 7 aromatic carbocycles. The Labute approximate surface area is 267 Å². The molecule has 4 heterocycles. The summed E-state index contributed by atoms with van der Waals surface area (Å²) in [6.45, 7) is 0. The van der Waals surface area contributed by atoms with Crippen LogP contribution in [0.5, 0.6) is 0 Å². The first-order chi connectivity index (χ1) is 23.3. The van der Waals surface area contributed by atoms with Gasteiger partial charge in [0.1, 0.15) is 11.2 Å². The highest BCUT2D eigenvalue weighted by molar-refractivity contribution is 6.20. The Morgan fingerprint density at radius 3 is 2.02 bits per heavy atom. The molecular formula is C42H24N4O. The van der Waals surface area contributed by atoms with E-state index in [0.717, 1.165) is 66.3 Å². The number of aromatic nitrogens is 4. The van der Waals surface area contributed by atoms with Gasteiger partial charge in [-0.1, -0.05) is 91.0 Å². The van der Waals surface area contributed by atoms with Crippen LogP contribution >= 0.6 is 0 Å². The first kappa shape index (κ1) is 24.8. The van der Waals surface area contributed by atoms with Crippen LogP contribution in [0.2, 0.25) is 0 Å². The first-order valence-corrected chi connectivity index (χ1v) is 15.8. The van der Waals surface area contributed by atoms with Gasteiger partial charge in [-0.15, -0.1) is 0 Å². The maximum absolute atomic E-state index is 6.17. The van der Waals surface area contributed by atoms with Crippen LogP contribution in [0.15, 0.2) is 150 Å². The van der Waals surface area contributed by atoms with Crippen molar-refractivity contribution in [3.05, 3.63) is 146 Å². The molecule has 5 heteroatoms. The molecule has 2 aromatic heterocycles. The van der Waals surface area contributed by atoms with Crippen molar-refractivity contribution in [1.29, 1.82) is 0 Å². The lowest BCUT2D eigenvalue weighted by Crippen LogP contribution is -2.14. The summed E-state index contributed by atoms with van der Waals surface area (Å²) < 4.78 is 10.8. The Bertz CT molecular complexity index is 3030. The van der Waals surface area contributed by atoms with Gasteiger partial charge in [0, 0.05) is 32.5 Å². The third kappa shape index (κ3) is 3.32. The number of nitrogens with zero attached hydrogens (tertiary/aromatic N) is 4. The minimum atomic E-state index is 0.633. The number of furan rings is 1. The van der Waals surface area contributed by atoms with E-state index >= 15 is 0 Å². The fraction of sp³-hybridized carbons (Fsp3) is 0. The highest BCUT2D eigenvalue weighted by atomic mass is 16.3. The smallest absolute Gasteiger partial charge is 0.235 e. The quantitative estimate of drug-likeness (QED) is 0.146. The summed E-state index contributed by atoms with van der Waals surface area (Å²) in [4.78, 5) is 10.7. The van der Waals surface area contributed by atoms with E-state index < -0.39 is 0 Å². The van der Waals surface area contributed by atoms with Gasteiger partial charge in [0.25, 0.3) is 0 Å². The zero-order valence-electron chi connectivity index (χ0n) is 25.1. The van der Waals surface area contributed by atoms with Gasteiger partial charge in [-0.05, 0) is 65.4 Å². The zero-order valence-corrected chi connectivity index (χ0v) is 25.1. The van der Waals surface area contributed by atoms with Crippen LogP contribution in [0.25, 0.3) is 99.3 Å². The van der Waals surface area contributed by atoms with Crippen LogP contribution in [0.3, 0.4) is 0 Å². The molecule has 0 atom stereocenters. The Hall–Kier alpha value is -6.46. The molecule has 0 radical (unpaired) electrons. The van der Waals surface area contributed by atoms with E-state index in [1.165, 1.54) is 27.1 Å². The number of hydrogen-bond donors (Lipinski definition) is 0. The monoisotopic (exact) mass is 600 g/mol. The average Bonchev–Trinajstić information content (AvgIpc) is 3.50. The minimum absolute atomic E-state index is 0.633. The van der Waals surface area contributed by atoms with E-state index in [-0.39, 0.29) is 0 Å². The summed E-state index contributed by atoms with van der Waals surface area (Å²) in [7, 11) is 0. The molecule has 9 aromatic rings. The Morgan fingerprint density at radius 1 is 0.447 bits per heavy atom. The molecule has 0 amide bonds. The molecule has 0 saturated heterocycles. The molecule has 2 aliphatic rings. The van der Waals surface area contributed by atoms with E-state index in [4.69, 9.17) is 14.4 Å². The average molecular weight is 601 g/mol. The topological polar surface area (TPSA) is 48.8 Å². The molecule has 218 valence electrons. The Morgan fingerprint density at radius 2 is 1.11 bits per heavy atom. The van der Waals surface area contributed by atoms with Gasteiger partial charge >= 0.3 is 0 Å². The summed E-state index contributed by atoms with van der Waals surface area (Å²) >= 11 is 0. The standard InChI is InChI=1S/C42H24N4O/c1-3-16-32-30(13-1)40(26-22-23-38-31(24-26)27-12-2-6-21-37(27)47-38)44-42(43-32)46-34-18-5-4-17-33(34)45-35-19-8-11-25-10-7-14-28(39(25)35)29-15-9-20-36(46)41(29)45/h1-24H. The predicted molar refractivity (Wildman–Crippen MR) is 192 cm³/mol. The summed E-state index contributed by atoms with van der Waals surface area (Å²) in [5, 5.41) is 8.13. The van der Waals surface area contributed by atoms with Gasteiger partial charge in [-0.2, -0.15) is 0 Å². The van der Waals surface area contributed by atoms with Crippen molar-refractivity contribution < 1.29 is 4.42 Å². The third-order valence-corrected chi connectivity index (χ3v) is 9.70. The molecule has 0 saturated carbocycles. The van der Waals surface area contributed by atoms with E-state index in [2.05, 4.69) is 137 Å². The number of rotatable bonds is 2. The van der Waals surface area contributed by atoms with E-state index in [0.29, 0.717) is 5.95 Å². The highest BCUT2D eigenvalue weighted by Crippen LogP contribution is 2.42. The predicted octanol–water partition coefficient (Wildman–Crippen LogP) is 10.8. The second-order valence-corrected chi connectivity index (χ2v) is 12.2. The van der Waals surface area contributed by atoms with E-state index in [1.807, 2.05) is 18.2 Å². The van der Waals surface area contributed by atoms with Crippen molar-refractivity contribution in [3.63, 3.8) is 0 Å². The van der Waals surface area contributed by atoms with Crippen LogP contribution in [0.4, 0.5) is 0 Å². The lowest BCUT2D eigenvalue weighted by molar-refractivity contribution is 0.669. The van der Waals surface area contributed by atoms with Gasteiger partial charge in [-0.25, -0.2) is 9.97 Å². The van der Waals surface area contributed by atoms with Gasteiger partial charge in [-0.3, -0.25) is 4.57 Å². The number of fused-ring (bicyclic) bond motifs is 8. The van der Waals surface area contributed by atoms with Crippen LogP contribution in [-0.4, -0.2) is 19.1 Å². The zero-order chi connectivity index (χ0) is 30.6. The van der Waals surface area contributed by atoms with Gasteiger partial charge in [0.2, 0.25) is 5.95 Å². The number of pyridine rings is 1. The Balaban J connectivity index is 1.29. The molecule has 0 N–H and O–H groups in total. The maximum atomic E-state index is 6.17. The largest absolute Gasteiger partial charge is 0.456 e. The molecule has 0 fully saturated rings. The molecule has 0 unspecified atom stereocenters. The third-order valence-electron chi connectivity index (χ3n) is 9.70. The molecule has 47 heavy (non-hydrogen) atoms. The van der Waals surface area contributed by atoms with Gasteiger partial charge < -0.3 is 8.98 Å². The van der Waals surface area contributed by atoms with E-state index in [9.17, 15) is 0 Å². The second kappa shape index (κ2) is 9.05. The SMILES string of the molecule is c1ccc2c(-c3ccc4oc5ccccc5c4c3)nc(-n3c4cccc5c4-n(c4cccc6cccc5c64)c4ccccc43)nc2c1. The maximum Gasteiger partial charge on any atom is 0.235 e. The summed E-state index contributed by atoms with van der Waals surface area (Å²) in [5.74, 6) is 0.633. The van der Waals surface area contributed by atoms with Crippen LogP contribution in [0.1, 0.15) is 0 Å². The van der Waals surface area contributed by atoms with Crippen molar-refractivity contribution >= 4 is 76.5 Å². The van der Waals surface area contributed by atoms with Crippen LogP contribution in [-0.2, 0) is 0 Å². The van der Waals surface area contributed by atoms with Crippen molar-refractivity contribution in [3.8, 4) is 22.9 Å². The van der Waals surface area contributed by atoms with Gasteiger partial charge in [0.05, 0.1) is 39.0 Å². The summed E-state index contributed by atoms with van der Waals surface area (Å²) in [5.41, 5.74) is 10.1. The van der Waals surface area contributed by atoms with Crippen LogP contribution in [0, 0.1) is 0 Å². The highest BCUT2D eigenvalue weighted by Gasteiger charge is 2.23. The van der Waals surface area contributed by atoms with Crippen LogP contribution < -0.4 is 0 Å². The first-order valence-electron chi connectivity index (χ1n) is 15.8. The molecular weight excluding hydrogens is 576 g/mol. The normalized spacial score (nSPS) is 12.3. The molecule has 2 aliphatic heterocycles. The summed E-state index contributed by atoms with van der Waals surface area (Å²) in [6.07, 6.45) is 0. The number of benzene rings is 7. The number of hydrogen-bond acceptors (Lipinski definition) is 3. The van der Waals surface area contributed by atoms with Crippen molar-refractivity contribution in [2.45, 2.75) is 0 Å². The molecule has 0 bridgehead atoms.